The molecule has 0 radical (unpaired) electrons. The molecule has 0 saturated carbocycles. The summed E-state index contributed by atoms with van der Waals surface area (Å²) in [5.41, 5.74) is 1.81. The summed E-state index contributed by atoms with van der Waals surface area (Å²) < 4.78 is 0. The van der Waals surface area contributed by atoms with Crippen molar-refractivity contribution in [3.63, 3.8) is 0 Å². The number of hydrogen-bond acceptors (Lipinski definition) is 4. The van der Waals surface area contributed by atoms with Crippen molar-refractivity contribution in [3.8, 4) is 6.07 Å². The Bertz CT molecular complexity index is 382. The summed E-state index contributed by atoms with van der Waals surface area (Å²) in [5.74, 6) is 5.22. The number of nitrogens with zero attached hydrogens (tertiary/aromatic N) is 2. The summed E-state index contributed by atoms with van der Waals surface area (Å²) in [7, 11) is 0. The summed E-state index contributed by atoms with van der Waals surface area (Å²) in [6.07, 6.45) is 2.22. The first-order valence-corrected chi connectivity index (χ1v) is 5.44. The Morgan fingerprint density at radius 1 is 1.38 bits per heavy atom. The van der Waals surface area contributed by atoms with Gasteiger partial charge in [0.2, 0.25) is 0 Å². The predicted molar refractivity (Wildman–Crippen MR) is 61.7 cm³/mol. The predicted octanol–water partition coefficient (Wildman–Crippen LogP) is 1.42. The molecule has 1 atom stereocenters. The molecule has 1 aliphatic rings. The van der Waals surface area contributed by atoms with Gasteiger partial charge in [0.15, 0.2) is 0 Å². The monoisotopic (exact) mass is 217 g/mol. The van der Waals surface area contributed by atoms with Crippen LogP contribution in [0.5, 0.6) is 0 Å². The van der Waals surface area contributed by atoms with Crippen LogP contribution in [0.15, 0.2) is 24.3 Å². The first-order chi connectivity index (χ1) is 7.83. The van der Waals surface area contributed by atoms with E-state index in [-0.39, 0.29) is 6.10 Å². The van der Waals surface area contributed by atoms with Gasteiger partial charge in [0.1, 0.15) is 0 Å². The van der Waals surface area contributed by atoms with E-state index in [2.05, 4.69) is 11.0 Å². The minimum atomic E-state index is 0.115. The van der Waals surface area contributed by atoms with E-state index in [1.807, 2.05) is 24.3 Å². The van der Waals surface area contributed by atoms with Gasteiger partial charge in [-0.05, 0) is 37.1 Å². The van der Waals surface area contributed by atoms with Crippen molar-refractivity contribution in [1.82, 2.24) is 0 Å². The van der Waals surface area contributed by atoms with Crippen molar-refractivity contribution in [2.75, 3.05) is 18.0 Å². The number of hydrogen-bond donors (Lipinski definition) is 1. The molecular formula is C12H15N3O. The third-order valence-corrected chi connectivity index (χ3v) is 2.93. The standard InChI is InChI=1S/C12H15N3O/c13-8-10-3-5-11(6-4-10)15-7-1-2-12(9-15)16-14/h3-6,12H,1-2,7,9,14H2. The van der Waals surface area contributed by atoms with E-state index in [0.29, 0.717) is 5.56 Å². The maximum absolute atomic E-state index is 8.72. The van der Waals surface area contributed by atoms with Gasteiger partial charge in [-0.25, -0.2) is 5.90 Å². The Labute approximate surface area is 95.2 Å². The molecule has 1 heterocycles. The third kappa shape index (κ3) is 2.32. The van der Waals surface area contributed by atoms with E-state index in [9.17, 15) is 0 Å². The second-order valence-electron chi connectivity index (χ2n) is 4.01. The molecule has 2 N–H and O–H groups in total. The molecule has 1 aliphatic heterocycles. The summed E-state index contributed by atoms with van der Waals surface area (Å²) in [5, 5.41) is 8.72. The van der Waals surface area contributed by atoms with Gasteiger partial charge in [0.25, 0.3) is 0 Å². The average molecular weight is 217 g/mol. The SMILES string of the molecule is N#Cc1ccc(N2CCCC(ON)C2)cc1. The molecule has 84 valence electrons. The average Bonchev–Trinajstić information content (AvgIpc) is 2.39. The third-order valence-electron chi connectivity index (χ3n) is 2.93. The van der Waals surface area contributed by atoms with E-state index in [1.54, 1.807) is 0 Å². The van der Waals surface area contributed by atoms with Crippen LogP contribution in [-0.2, 0) is 4.84 Å². The Hall–Kier alpha value is -1.57. The smallest absolute Gasteiger partial charge is 0.0991 e. The highest BCUT2D eigenvalue weighted by atomic mass is 16.6. The number of rotatable bonds is 2. The fraction of sp³-hybridized carbons (Fsp3) is 0.417. The summed E-state index contributed by atoms with van der Waals surface area (Å²) >= 11 is 0. The highest BCUT2D eigenvalue weighted by Gasteiger charge is 2.19. The summed E-state index contributed by atoms with van der Waals surface area (Å²) in [4.78, 5) is 7.13. The highest BCUT2D eigenvalue weighted by molar-refractivity contribution is 5.50. The van der Waals surface area contributed by atoms with Crippen LogP contribution in [-0.4, -0.2) is 19.2 Å². The van der Waals surface area contributed by atoms with Crippen molar-refractivity contribution in [3.05, 3.63) is 29.8 Å². The molecule has 1 aromatic rings. The van der Waals surface area contributed by atoms with E-state index in [4.69, 9.17) is 16.0 Å². The van der Waals surface area contributed by atoms with Crippen LogP contribution in [0.4, 0.5) is 5.69 Å². The molecule has 0 aromatic heterocycles. The van der Waals surface area contributed by atoms with Gasteiger partial charge < -0.3 is 4.90 Å². The second-order valence-corrected chi connectivity index (χ2v) is 4.01. The van der Waals surface area contributed by atoms with Crippen molar-refractivity contribution >= 4 is 5.69 Å². The number of nitriles is 1. The molecule has 0 aliphatic carbocycles. The van der Waals surface area contributed by atoms with Crippen LogP contribution in [0.25, 0.3) is 0 Å². The fourth-order valence-corrected chi connectivity index (χ4v) is 2.03. The van der Waals surface area contributed by atoms with Crippen LogP contribution < -0.4 is 10.8 Å². The Balaban J connectivity index is 2.08. The number of anilines is 1. The van der Waals surface area contributed by atoms with E-state index in [1.165, 1.54) is 0 Å². The van der Waals surface area contributed by atoms with Crippen molar-refractivity contribution in [2.24, 2.45) is 5.90 Å². The fourth-order valence-electron chi connectivity index (χ4n) is 2.03. The zero-order valence-corrected chi connectivity index (χ0v) is 9.10. The quantitative estimate of drug-likeness (QED) is 0.761. The van der Waals surface area contributed by atoms with Crippen LogP contribution in [0, 0.1) is 11.3 Å². The minimum Gasteiger partial charge on any atom is -0.369 e. The molecule has 0 bridgehead atoms. The van der Waals surface area contributed by atoms with E-state index in [0.717, 1.165) is 31.6 Å². The molecule has 2 rings (SSSR count). The molecule has 1 fully saturated rings. The molecule has 4 heteroatoms. The summed E-state index contributed by atoms with van der Waals surface area (Å²) in [6, 6.07) is 9.72. The van der Waals surface area contributed by atoms with Gasteiger partial charge in [0, 0.05) is 18.8 Å². The number of benzene rings is 1. The number of piperidine rings is 1. The molecule has 1 unspecified atom stereocenters. The normalized spacial score (nSPS) is 20.5. The van der Waals surface area contributed by atoms with Crippen molar-refractivity contribution in [2.45, 2.75) is 18.9 Å². The Morgan fingerprint density at radius 2 is 2.12 bits per heavy atom. The minimum absolute atomic E-state index is 0.115. The maximum Gasteiger partial charge on any atom is 0.0991 e. The van der Waals surface area contributed by atoms with Gasteiger partial charge >= 0.3 is 0 Å². The Morgan fingerprint density at radius 3 is 2.75 bits per heavy atom. The highest BCUT2D eigenvalue weighted by Crippen LogP contribution is 2.21. The topological polar surface area (TPSA) is 62.3 Å². The molecule has 0 amide bonds. The lowest BCUT2D eigenvalue weighted by atomic mass is 10.1. The molecule has 1 aromatic carbocycles. The molecular weight excluding hydrogens is 202 g/mol. The zero-order chi connectivity index (χ0) is 11.4. The van der Waals surface area contributed by atoms with Crippen LogP contribution >= 0.6 is 0 Å². The van der Waals surface area contributed by atoms with Gasteiger partial charge in [-0.1, -0.05) is 0 Å². The molecule has 16 heavy (non-hydrogen) atoms. The van der Waals surface area contributed by atoms with Crippen molar-refractivity contribution < 1.29 is 4.84 Å². The Kier molecular flexibility index (Phi) is 3.40. The zero-order valence-electron chi connectivity index (χ0n) is 9.10. The lowest BCUT2D eigenvalue weighted by Crippen LogP contribution is -2.40. The second kappa shape index (κ2) is 4.97. The largest absolute Gasteiger partial charge is 0.369 e. The van der Waals surface area contributed by atoms with Gasteiger partial charge in [-0.15, -0.1) is 0 Å². The van der Waals surface area contributed by atoms with Gasteiger partial charge in [-0.2, -0.15) is 5.26 Å². The van der Waals surface area contributed by atoms with E-state index < -0.39 is 0 Å². The van der Waals surface area contributed by atoms with Crippen LogP contribution in [0.2, 0.25) is 0 Å². The van der Waals surface area contributed by atoms with Gasteiger partial charge in [-0.3, -0.25) is 4.84 Å². The first-order valence-electron chi connectivity index (χ1n) is 5.44. The number of nitrogens with two attached hydrogens (primary N) is 1. The molecule has 1 saturated heterocycles. The summed E-state index contributed by atoms with van der Waals surface area (Å²) in [6.45, 7) is 1.84. The lowest BCUT2D eigenvalue weighted by molar-refractivity contribution is 0.0435. The lowest BCUT2D eigenvalue weighted by Gasteiger charge is -2.33. The molecule has 4 nitrogen and oxygen atoms in total. The maximum atomic E-state index is 8.72. The van der Waals surface area contributed by atoms with Gasteiger partial charge in [0.05, 0.1) is 17.7 Å². The van der Waals surface area contributed by atoms with Crippen LogP contribution in [0.3, 0.4) is 0 Å². The van der Waals surface area contributed by atoms with Crippen LogP contribution in [0.1, 0.15) is 18.4 Å². The molecule has 0 spiro atoms. The first kappa shape index (κ1) is 10.9. The van der Waals surface area contributed by atoms with E-state index >= 15 is 0 Å². The van der Waals surface area contributed by atoms with Crippen molar-refractivity contribution in [1.29, 1.82) is 5.26 Å².